The van der Waals surface area contributed by atoms with Crippen LogP contribution in [0.3, 0.4) is 0 Å². The first kappa shape index (κ1) is 10.4. The Bertz CT molecular complexity index is 473. The Hall–Kier alpha value is -1.16. The van der Waals surface area contributed by atoms with Gasteiger partial charge >= 0.3 is 0 Å². The molecule has 0 aliphatic heterocycles. The first-order chi connectivity index (χ1) is 7.31. The van der Waals surface area contributed by atoms with Crippen LogP contribution >= 0.6 is 11.6 Å². The van der Waals surface area contributed by atoms with Crippen molar-refractivity contribution in [1.29, 1.82) is 0 Å². The van der Waals surface area contributed by atoms with Crippen LogP contribution in [0.15, 0.2) is 30.3 Å². The molecule has 0 radical (unpaired) electrons. The number of hydrogen-bond acceptors (Lipinski definition) is 3. The Labute approximate surface area is 92.8 Å². The summed E-state index contributed by atoms with van der Waals surface area (Å²) in [6.45, 7) is 0.444. The topological polar surface area (TPSA) is 48.1 Å². The van der Waals surface area contributed by atoms with E-state index in [0.29, 0.717) is 18.2 Å². The van der Waals surface area contributed by atoms with Gasteiger partial charge in [0.1, 0.15) is 5.15 Å². The molecule has 15 heavy (non-hydrogen) atoms. The second kappa shape index (κ2) is 4.57. The van der Waals surface area contributed by atoms with Crippen LogP contribution in [0.5, 0.6) is 0 Å². The number of aromatic nitrogens is 1. The Morgan fingerprint density at radius 1 is 1.33 bits per heavy atom. The SMILES string of the molecule is NOCCc1cc2ccccc2nc1Cl. The lowest BCUT2D eigenvalue weighted by atomic mass is 10.1. The minimum absolute atomic E-state index is 0.444. The van der Waals surface area contributed by atoms with Crippen molar-refractivity contribution < 1.29 is 4.84 Å². The van der Waals surface area contributed by atoms with Crippen molar-refractivity contribution in [3.63, 3.8) is 0 Å². The van der Waals surface area contributed by atoms with Crippen LogP contribution in [0.4, 0.5) is 0 Å². The summed E-state index contributed by atoms with van der Waals surface area (Å²) in [6.07, 6.45) is 0.674. The zero-order valence-corrected chi connectivity index (χ0v) is 8.87. The van der Waals surface area contributed by atoms with Gasteiger partial charge in [-0.2, -0.15) is 0 Å². The predicted molar refractivity (Wildman–Crippen MR) is 60.6 cm³/mol. The standard InChI is InChI=1S/C11H11ClN2O/c12-11-9(5-6-15-13)7-8-3-1-2-4-10(8)14-11/h1-4,7H,5-6,13H2. The summed E-state index contributed by atoms with van der Waals surface area (Å²) in [6, 6.07) is 9.87. The van der Waals surface area contributed by atoms with Gasteiger partial charge in [0.2, 0.25) is 0 Å². The minimum Gasteiger partial charge on any atom is -0.304 e. The molecule has 0 saturated heterocycles. The molecule has 2 N–H and O–H groups in total. The largest absolute Gasteiger partial charge is 0.304 e. The lowest BCUT2D eigenvalue weighted by Crippen LogP contribution is -2.04. The number of nitrogens with two attached hydrogens (primary N) is 1. The summed E-state index contributed by atoms with van der Waals surface area (Å²) in [7, 11) is 0. The fourth-order valence-electron chi connectivity index (χ4n) is 1.48. The molecule has 2 aromatic rings. The van der Waals surface area contributed by atoms with E-state index in [4.69, 9.17) is 17.5 Å². The molecule has 1 heterocycles. The quantitative estimate of drug-likeness (QED) is 0.641. The van der Waals surface area contributed by atoms with Crippen LogP contribution in [-0.4, -0.2) is 11.6 Å². The number of hydrogen-bond donors (Lipinski definition) is 1. The molecule has 4 heteroatoms. The van der Waals surface area contributed by atoms with Gasteiger partial charge in [0.25, 0.3) is 0 Å². The number of rotatable bonds is 3. The van der Waals surface area contributed by atoms with Gasteiger partial charge in [-0.1, -0.05) is 29.8 Å². The van der Waals surface area contributed by atoms with Crippen LogP contribution in [0.25, 0.3) is 10.9 Å². The summed E-state index contributed by atoms with van der Waals surface area (Å²) in [5, 5.41) is 1.60. The van der Waals surface area contributed by atoms with Crippen molar-refractivity contribution >= 4 is 22.5 Å². The van der Waals surface area contributed by atoms with Crippen LogP contribution in [0, 0.1) is 0 Å². The monoisotopic (exact) mass is 222 g/mol. The molecule has 0 saturated carbocycles. The first-order valence-corrected chi connectivity index (χ1v) is 5.05. The minimum atomic E-state index is 0.444. The van der Waals surface area contributed by atoms with E-state index in [1.54, 1.807) is 0 Å². The van der Waals surface area contributed by atoms with Gasteiger partial charge in [-0.3, -0.25) is 0 Å². The molecule has 0 amide bonds. The van der Waals surface area contributed by atoms with Gasteiger partial charge in [-0.25, -0.2) is 10.9 Å². The molecular weight excluding hydrogens is 212 g/mol. The molecular formula is C11H11ClN2O. The maximum Gasteiger partial charge on any atom is 0.133 e. The molecule has 0 atom stereocenters. The van der Waals surface area contributed by atoms with E-state index in [0.717, 1.165) is 16.5 Å². The molecule has 0 aliphatic rings. The molecule has 78 valence electrons. The molecule has 2 rings (SSSR count). The third-order valence-electron chi connectivity index (χ3n) is 2.24. The maximum atomic E-state index is 6.03. The van der Waals surface area contributed by atoms with E-state index in [2.05, 4.69) is 9.82 Å². The van der Waals surface area contributed by atoms with Crippen LogP contribution in [-0.2, 0) is 11.3 Å². The highest BCUT2D eigenvalue weighted by molar-refractivity contribution is 6.30. The highest BCUT2D eigenvalue weighted by Gasteiger charge is 2.04. The van der Waals surface area contributed by atoms with Gasteiger partial charge < -0.3 is 4.84 Å². The van der Waals surface area contributed by atoms with E-state index in [1.807, 2.05) is 30.3 Å². The predicted octanol–water partition coefficient (Wildman–Crippen LogP) is 2.32. The number of halogens is 1. The summed E-state index contributed by atoms with van der Waals surface area (Å²) in [5.41, 5.74) is 1.86. The lowest BCUT2D eigenvalue weighted by Gasteiger charge is -2.04. The fraction of sp³-hybridized carbons (Fsp3) is 0.182. The molecule has 0 aliphatic carbocycles. The number of fused-ring (bicyclic) bond motifs is 1. The van der Waals surface area contributed by atoms with E-state index in [1.165, 1.54) is 0 Å². The molecule has 0 bridgehead atoms. The van der Waals surface area contributed by atoms with Gasteiger partial charge in [0, 0.05) is 11.8 Å². The number of pyridine rings is 1. The Kier molecular flexibility index (Phi) is 3.16. The van der Waals surface area contributed by atoms with Crippen molar-refractivity contribution in [2.24, 2.45) is 5.90 Å². The van der Waals surface area contributed by atoms with E-state index < -0.39 is 0 Å². The zero-order chi connectivity index (χ0) is 10.7. The molecule has 0 fully saturated rings. The number of para-hydroxylation sites is 1. The lowest BCUT2D eigenvalue weighted by molar-refractivity contribution is 0.141. The van der Waals surface area contributed by atoms with Crippen molar-refractivity contribution in [2.45, 2.75) is 6.42 Å². The molecule has 1 aromatic carbocycles. The average Bonchev–Trinajstić information content (AvgIpc) is 2.26. The average molecular weight is 223 g/mol. The Morgan fingerprint density at radius 2 is 2.13 bits per heavy atom. The number of benzene rings is 1. The summed E-state index contributed by atoms with van der Waals surface area (Å²) in [4.78, 5) is 8.82. The van der Waals surface area contributed by atoms with Gasteiger partial charge in [-0.15, -0.1) is 0 Å². The van der Waals surface area contributed by atoms with Crippen molar-refractivity contribution in [2.75, 3.05) is 6.61 Å². The van der Waals surface area contributed by atoms with E-state index in [9.17, 15) is 0 Å². The smallest absolute Gasteiger partial charge is 0.133 e. The van der Waals surface area contributed by atoms with Crippen LogP contribution in [0.1, 0.15) is 5.56 Å². The van der Waals surface area contributed by atoms with Gasteiger partial charge in [0.05, 0.1) is 12.1 Å². The summed E-state index contributed by atoms with van der Waals surface area (Å²) < 4.78 is 0. The van der Waals surface area contributed by atoms with Crippen molar-refractivity contribution in [3.05, 3.63) is 41.0 Å². The van der Waals surface area contributed by atoms with Crippen LogP contribution < -0.4 is 5.90 Å². The second-order valence-corrected chi connectivity index (χ2v) is 3.61. The van der Waals surface area contributed by atoms with E-state index >= 15 is 0 Å². The highest BCUT2D eigenvalue weighted by Crippen LogP contribution is 2.20. The van der Waals surface area contributed by atoms with Crippen molar-refractivity contribution in [3.8, 4) is 0 Å². The van der Waals surface area contributed by atoms with E-state index in [-0.39, 0.29) is 0 Å². The fourth-order valence-corrected chi connectivity index (χ4v) is 1.72. The Morgan fingerprint density at radius 3 is 2.93 bits per heavy atom. The summed E-state index contributed by atoms with van der Waals surface area (Å²) >= 11 is 6.03. The van der Waals surface area contributed by atoms with Gasteiger partial charge in [0.15, 0.2) is 0 Å². The van der Waals surface area contributed by atoms with Crippen LogP contribution in [0.2, 0.25) is 5.15 Å². The first-order valence-electron chi connectivity index (χ1n) is 4.67. The maximum absolute atomic E-state index is 6.03. The third kappa shape index (κ3) is 2.26. The normalized spacial score (nSPS) is 10.8. The Balaban J connectivity index is 2.43. The molecule has 0 spiro atoms. The van der Waals surface area contributed by atoms with Crippen molar-refractivity contribution in [1.82, 2.24) is 4.98 Å². The van der Waals surface area contributed by atoms with Gasteiger partial charge in [-0.05, 0) is 17.7 Å². The molecule has 0 unspecified atom stereocenters. The third-order valence-corrected chi connectivity index (χ3v) is 2.57. The molecule has 3 nitrogen and oxygen atoms in total. The molecule has 1 aromatic heterocycles. The zero-order valence-electron chi connectivity index (χ0n) is 8.11. The highest BCUT2D eigenvalue weighted by atomic mass is 35.5. The number of nitrogens with zero attached hydrogens (tertiary/aromatic N) is 1. The summed E-state index contributed by atoms with van der Waals surface area (Å²) in [5.74, 6) is 4.98. The second-order valence-electron chi connectivity index (χ2n) is 3.25.